The molecule has 4 atom stereocenters. The zero-order valence-corrected chi connectivity index (χ0v) is 16.2. The van der Waals surface area contributed by atoms with Gasteiger partial charge in [0.25, 0.3) is 0 Å². The number of carbonyl (C=O) groups excluding carboxylic acids is 2. The third-order valence-corrected chi connectivity index (χ3v) is 7.31. The van der Waals surface area contributed by atoms with E-state index in [-0.39, 0.29) is 17.5 Å². The number of hydrogen-bond donors (Lipinski definition) is 0. The predicted octanol–water partition coefficient (Wildman–Crippen LogP) is 3.94. The van der Waals surface area contributed by atoms with Crippen molar-refractivity contribution in [1.29, 1.82) is 0 Å². The Kier molecular flexibility index (Phi) is 2.98. The van der Waals surface area contributed by atoms with Gasteiger partial charge in [0.2, 0.25) is 0 Å². The monoisotopic (exact) mass is 360 g/mol. The van der Waals surface area contributed by atoms with Gasteiger partial charge < -0.3 is 4.74 Å². The first-order chi connectivity index (χ1) is 12.7. The number of rotatable bonds is 2. The average Bonchev–Trinajstić information content (AvgIpc) is 3.53. The van der Waals surface area contributed by atoms with Crippen molar-refractivity contribution in [2.24, 2.45) is 16.7 Å². The van der Waals surface area contributed by atoms with Crippen LogP contribution in [0.1, 0.15) is 38.8 Å². The van der Waals surface area contributed by atoms with Crippen LogP contribution in [0.15, 0.2) is 60.7 Å². The van der Waals surface area contributed by atoms with Crippen LogP contribution in [0.25, 0.3) is 0 Å². The molecule has 0 aromatic heterocycles. The highest BCUT2D eigenvalue weighted by Gasteiger charge is 2.92. The Labute approximate surface area is 159 Å². The summed E-state index contributed by atoms with van der Waals surface area (Å²) in [5.41, 5.74) is -0.680. The van der Waals surface area contributed by atoms with Gasteiger partial charge in [0.15, 0.2) is 23.3 Å². The normalized spacial score (nSPS) is 36.0. The van der Waals surface area contributed by atoms with Crippen LogP contribution in [0.5, 0.6) is 0 Å². The number of Topliss-reactive ketones (excluding diaryl/α,β-unsaturated/α-hetero) is 2. The summed E-state index contributed by atoms with van der Waals surface area (Å²) in [5, 5.41) is 0. The standard InChI is InChI=1S/C24H24O3/c1-21(2,3)24-18(25)17-22(4,19(26)20(24)27-24)23(17,15-11-7-5-8-12-15)16-13-9-6-10-14-16/h5-14,17,20H,1-4H3/t17-,20+,22-,24-/m1/s1. The first-order valence-corrected chi connectivity index (χ1v) is 9.61. The second-order valence-corrected chi connectivity index (χ2v) is 9.39. The number of ketones is 2. The lowest BCUT2D eigenvalue weighted by Crippen LogP contribution is -2.48. The lowest BCUT2D eigenvalue weighted by Gasteiger charge is -2.29. The van der Waals surface area contributed by atoms with Crippen molar-refractivity contribution in [2.75, 3.05) is 0 Å². The van der Waals surface area contributed by atoms with Crippen molar-refractivity contribution in [3.8, 4) is 0 Å². The minimum Gasteiger partial charge on any atom is -0.349 e. The highest BCUT2D eigenvalue weighted by molar-refractivity contribution is 6.18. The minimum atomic E-state index is -0.973. The van der Waals surface area contributed by atoms with E-state index >= 15 is 0 Å². The molecule has 3 heteroatoms. The van der Waals surface area contributed by atoms with Gasteiger partial charge in [-0.05, 0) is 11.1 Å². The molecule has 2 aromatic rings. The maximum atomic E-state index is 13.8. The predicted molar refractivity (Wildman–Crippen MR) is 102 cm³/mol. The molecule has 0 unspecified atom stereocenters. The Bertz CT molecular complexity index is 917. The molecule has 27 heavy (non-hydrogen) atoms. The maximum Gasteiger partial charge on any atom is 0.173 e. The molecule has 0 radical (unpaired) electrons. The molecule has 1 heterocycles. The van der Waals surface area contributed by atoms with Gasteiger partial charge in [-0.25, -0.2) is 0 Å². The molecular formula is C24H24O3. The quantitative estimate of drug-likeness (QED) is 0.762. The summed E-state index contributed by atoms with van der Waals surface area (Å²) in [6.45, 7) is 7.95. The largest absolute Gasteiger partial charge is 0.349 e. The summed E-state index contributed by atoms with van der Waals surface area (Å²) in [6.07, 6.45) is -0.611. The maximum absolute atomic E-state index is 13.8. The van der Waals surface area contributed by atoms with E-state index < -0.39 is 27.9 Å². The number of carbonyl (C=O) groups is 2. The zero-order chi connectivity index (χ0) is 19.2. The molecule has 2 saturated carbocycles. The topological polar surface area (TPSA) is 46.7 Å². The fourth-order valence-electron chi connectivity index (χ4n) is 5.92. The average molecular weight is 360 g/mol. The number of hydrogen-bond acceptors (Lipinski definition) is 3. The molecule has 0 spiro atoms. The van der Waals surface area contributed by atoms with E-state index in [4.69, 9.17) is 4.74 Å². The Balaban J connectivity index is 1.77. The summed E-state index contributed by atoms with van der Waals surface area (Å²) in [5.74, 6) is -0.218. The van der Waals surface area contributed by atoms with E-state index in [0.717, 1.165) is 11.1 Å². The third-order valence-electron chi connectivity index (χ3n) is 7.31. The number of benzene rings is 2. The third kappa shape index (κ3) is 1.64. The van der Waals surface area contributed by atoms with Crippen LogP contribution in [0.3, 0.4) is 0 Å². The Morgan fingerprint density at radius 1 is 0.815 bits per heavy atom. The van der Waals surface area contributed by atoms with Gasteiger partial charge >= 0.3 is 0 Å². The minimum absolute atomic E-state index is 0.0785. The molecule has 3 aliphatic rings. The molecule has 3 nitrogen and oxygen atoms in total. The fourth-order valence-corrected chi connectivity index (χ4v) is 5.92. The van der Waals surface area contributed by atoms with Crippen molar-refractivity contribution in [3.05, 3.63) is 71.8 Å². The number of ether oxygens (including phenoxy) is 1. The van der Waals surface area contributed by atoms with Gasteiger partial charge in [-0.3, -0.25) is 9.59 Å². The van der Waals surface area contributed by atoms with Crippen molar-refractivity contribution < 1.29 is 14.3 Å². The van der Waals surface area contributed by atoms with E-state index in [9.17, 15) is 9.59 Å². The van der Waals surface area contributed by atoms with Crippen LogP contribution < -0.4 is 0 Å². The van der Waals surface area contributed by atoms with E-state index in [0.29, 0.717) is 0 Å². The van der Waals surface area contributed by atoms with Gasteiger partial charge in [-0.2, -0.15) is 0 Å². The lowest BCUT2D eigenvalue weighted by atomic mass is 9.68. The van der Waals surface area contributed by atoms with E-state index in [1.807, 2.05) is 88.4 Å². The molecule has 0 N–H and O–H groups in total. The molecule has 1 saturated heterocycles. The Hall–Kier alpha value is -2.26. The van der Waals surface area contributed by atoms with Gasteiger partial charge in [-0.1, -0.05) is 88.4 Å². The van der Waals surface area contributed by atoms with Gasteiger partial charge in [0.05, 0.1) is 5.41 Å². The molecular weight excluding hydrogens is 336 g/mol. The van der Waals surface area contributed by atoms with Crippen LogP contribution in [-0.2, 0) is 19.7 Å². The van der Waals surface area contributed by atoms with Crippen LogP contribution in [0, 0.1) is 16.7 Å². The number of fused-ring (bicyclic) bond motifs is 2. The van der Waals surface area contributed by atoms with Gasteiger partial charge in [0.1, 0.15) is 0 Å². The molecule has 1 aliphatic heterocycles. The molecule has 138 valence electrons. The SMILES string of the molecule is CC(C)(C)[C@]12O[C@H]1C(=O)[C@@]1(C)[C@@H](C2=O)C1(c1ccccc1)c1ccccc1. The summed E-state index contributed by atoms with van der Waals surface area (Å²) >= 11 is 0. The number of epoxide rings is 1. The first kappa shape index (κ1) is 16.9. The van der Waals surface area contributed by atoms with Crippen molar-refractivity contribution >= 4 is 11.6 Å². The summed E-state index contributed by atoms with van der Waals surface area (Å²) < 4.78 is 5.89. The highest BCUT2D eigenvalue weighted by Crippen LogP contribution is 2.80. The van der Waals surface area contributed by atoms with Crippen molar-refractivity contribution in [2.45, 2.75) is 44.8 Å². The van der Waals surface area contributed by atoms with Gasteiger partial charge in [-0.15, -0.1) is 0 Å². The summed E-state index contributed by atoms with van der Waals surface area (Å²) in [4.78, 5) is 27.4. The second-order valence-electron chi connectivity index (χ2n) is 9.39. The highest BCUT2D eigenvalue weighted by atomic mass is 16.6. The fraction of sp³-hybridized carbons (Fsp3) is 0.417. The summed E-state index contributed by atoms with van der Waals surface area (Å²) in [7, 11) is 0. The Morgan fingerprint density at radius 2 is 1.30 bits per heavy atom. The summed E-state index contributed by atoms with van der Waals surface area (Å²) in [6, 6.07) is 20.1. The van der Waals surface area contributed by atoms with Gasteiger partial charge in [0, 0.05) is 16.7 Å². The van der Waals surface area contributed by atoms with E-state index in [1.54, 1.807) is 0 Å². The molecule has 2 aromatic carbocycles. The zero-order valence-electron chi connectivity index (χ0n) is 16.2. The molecule has 0 bridgehead atoms. The second kappa shape index (κ2) is 4.77. The molecule has 0 amide bonds. The van der Waals surface area contributed by atoms with Crippen LogP contribution in [0.2, 0.25) is 0 Å². The smallest absolute Gasteiger partial charge is 0.173 e. The van der Waals surface area contributed by atoms with Crippen LogP contribution >= 0.6 is 0 Å². The van der Waals surface area contributed by atoms with Crippen molar-refractivity contribution in [1.82, 2.24) is 0 Å². The van der Waals surface area contributed by atoms with E-state index in [2.05, 4.69) is 0 Å². The van der Waals surface area contributed by atoms with E-state index in [1.165, 1.54) is 0 Å². The molecule has 2 aliphatic carbocycles. The molecule has 3 fully saturated rings. The van der Waals surface area contributed by atoms with Crippen LogP contribution in [-0.4, -0.2) is 23.3 Å². The molecule has 5 rings (SSSR count). The lowest BCUT2D eigenvalue weighted by molar-refractivity contribution is -0.135. The Morgan fingerprint density at radius 3 is 1.74 bits per heavy atom. The van der Waals surface area contributed by atoms with Crippen molar-refractivity contribution in [3.63, 3.8) is 0 Å². The van der Waals surface area contributed by atoms with Crippen LogP contribution in [0.4, 0.5) is 0 Å². The first-order valence-electron chi connectivity index (χ1n) is 9.61.